The zero-order valence-corrected chi connectivity index (χ0v) is 24.9. The minimum Gasteiger partial charge on any atom is -0.458 e. The summed E-state index contributed by atoms with van der Waals surface area (Å²) in [6.45, 7) is 17.1. The van der Waals surface area contributed by atoms with Gasteiger partial charge in [0.1, 0.15) is 24.1 Å². The first-order valence-electron chi connectivity index (χ1n) is 13.5. The lowest BCUT2D eigenvalue weighted by atomic mass is 9.78. The molecule has 0 spiro atoms. The number of carbonyl (C=O) groups excluding carboxylic acids is 3. The van der Waals surface area contributed by atoms with E-state index >= 15 is 0 Å². The first-order chi connectivity index (χ1) is 17.4. The van der Waals surface area contributed by atoms with Crippen LogP contribution >= 0.6 is 0 Å². The monoisotopic (exact) mass is 526 g/mol. The van der Waals surface area contributed by atoms with Crippen molar-refractivity contribution >= 4 is 24.3 Å². The highest BCUT2D eigenvalue weighted by Crippen LogP contribution is 2.40. The van der Waals surface area contributed by atoms with Crippen molar-refractivity contribution in [2.24, 2.45) is 0 Å². The molecule has 0 atom stereocenters. The van der Waals surface area contributed by atoms with Crippen molar-refractivity contribution < 1.29 is 23.9 Å². The number of esters is 2. The molecule has 1 aromatic carbocycles. The molecule has 0 bridgehead atoms. The number of benzene rings is 1. The molecule has 0 unspecified atom stereocenters. The molecule has 0 saturated carbocycles. The predicted octanol–water partition coefficient (Wildman–Crippen LogP) is 5.27. The Morgan fingerprint density at radius 3 is 1.32 bits per heavy atom. The lowest BCUT2D eigenvalue weighted by Crippen LogP contribution is -2.60. The van der Waals surface area contributed by atoms with Gasteiger partial charge in [-0.25, -0.2) is 9.59 Å². The van der Waals surface area contributed by atoms with Gasteiger partial charge in [-0.3, -0.25) is 14.6 Å². The molecule has 2 aliphatic rings. The van der Waals surface area contributed by atoms with Crippen molar-refractivity contribution in [2.45, 2.75) is 115 Å². The van der Waals surface area contributed by atoms with Gasteiger partial charge in [-0.2, -0.15) is 0 Å². The van der Waals surface area contributed by atoms with E-state index in [1.165, 1.54) is 6.08 Å². The van der Waals surface area contributed by atoms with Crippen molar-refractivity contribution in [1.82, 2.24) is 9.80 Å². The Morgan fingerprint density at radius 1 is 0.684 bits per heavy atom. The number of likely N-dealkylation sites (tertiary alicyclic amines) is 2. The summed E-state index contributed by atoms with van der Waals surface area (Å²) in [4.78, 5) is 42.8. The van der Waals surface area contributed by atoms with E-state index in [0.29, 0.717) is 36.8 Å². The van der Waals surface area contributed by atoms with Crippen molar-refractivity contribution in [3.63, 3.8) is 0 Å². The third kappa shape index (κ3) is 6.55. The Labute approximate surface area is 228 Å². The number of nitrogens with zero attached hydrogens (tertiary/aromatic N) is 2. The Hall–Kier alpha value is -2.51. The molecule has 0 radical (unpaired) electrons. The van der Waals surface area contributed by atoms with Crippen LogP contribution in [0.3, 0.4) is 0 Å². The largest absolute Gasteiger partial charge is 0.458 e. The number of rotatable bonds is 6. The van der Waals surface area contributed by atoms with Gasteiger partial charge in [0.05, 0.1) is 0 Å². The van der Waals surface area contributed by atoms with Gasteiger partial charge >= 0.3 is 11.9 Å². The SMILES string of the molecule is CN1C(C)(C)CC(OC(=O)C(=Cc2ccc(C=O)cc2)C(=O)OC2CC(C)(C)N(C)C(C)(C)C2)CC1(C)C. The summed E-state index contributed by atoms with van der Waals surface area (Å²) < 4.78 is 12.0. The summed E-state index contributed by atoms with van der Waals surface area (Å²) in [6, 6.07) is 6.70. The quantitative estimate of drug-likeness (QED) is 0.164. The van der Waals surface area contributed by atoms with E-state index in [1.54, 1.807) is 24.3 Å². The molecule has 2 heterocycles. The van der Waals surface area contributed by atoms with Gasteiger partial charge in [0.15, 0.2) is 0 Å². The van der Waals surface area contributed by atoms with E-state index in [0.717, 1.165) is 6.29 Å². The molecule has 0 amide bonds. The normalized spacial score (nSPS) is 23.3. The Kier molecular flexibility index (Phi) is 8.36. The molecule has 7 heteroatoms. The topological polar surface area (TPSA) is 76.1 Å². The predicted molar refractivity (Wildman–Crippen MR) is 150 cm³/mol. The number of aldehydes is 1. The van der Waals surface area contributed by atoms with Crippen molar-refractivity contribution in [3.05, 3.63) is 41.0 Å². The fourth-order valence-corrected chi connectivity index (χ4v) is 6.19. The fourth-order valence-electron chi connectivity index (χ4n) is 6.19. The molecule has 38 heavy (non-hydrogen) atoms. The Bertz CT molecular complexity index is 990. The van der Waals surface area contributed by atoms with Gasteiger partial charge < -0.3 is 9.47 Å². The third-order valence-electron chi connectivity index (χ3n) is 8.91. The first kappa shape index (κ1) is 30.0. The van der Waals surface area contributed by atoms with Crippen LogP contribution in [0.25, 0.3) is 6.08 Å². The molecule has 2 saturated heterocycles. The average Bonchev–Trinajstić information content (AvgIpc) is 2.78. The first-order valence-corrected chi connectivity index (χ1v) is 13.5. The van der Waals surface area contributed by atoms with E-state index < -0.39 is 11.9 Å². The van der Waals surface area contributed by atoms with Crippen LogP contribution in [0.15, 0.2) is 29.8 Å². The van der Waals surface area contributed by atoms with Crippen molar-refractivity contribution in [2.75, 3.05) is 14.1 Å². The van der Waals surface area contributed by atoms with E-state index in [4.69, 9.17) is 9.47 Å². The minimum atomic E-state index is -0.679. The van der Waals surface area contributed by atoms with Crippen LogP contribution in [0.1, 0.15) is 97.0 Å². The maximum atomic E-state index is 13.6. The van der Waals surface area contributed by atoms with Gasteiger partial charge in [0.2, 0.25) is 0 Å². The van der Waals surface area contributed by atoms with Crippen LogP contribution in [0.2, 0.25) is 0 Å². The molecule has 0 aromatic heterocycles. The van der Waals surface area contributed by atoms with Crippen LogP contribution in [0, 0.1) is 0 Å². The highest BCUT2D eigenvalue weighted by atomic mass is 16.6. The summed E-state index contributed by atoms with van der Waals surface area (Å²) in [6.07, 6.45) is 4.23. The van der Waals surface area contributed by atoms with Gasteiger partial charge in [-0.1, -0.05) is 24.3 Å². The number of hydrogen-bond donors (Lipinski definition) is 0. The third-order valence-corrected chi connectivity index (χ3v) is 8.91. The van der Waals surface area contributed by atoms with Gasteiger partial charge in [0, 0.05) is 53.4 Å². The summed E-state index contributed by atoms with van der Waals surface area (Å²) >= 11 is 0. The highest BCUT2D eigenvalue weighted by Gasteiger charge is 2.46. The maximum absolute atomic E-state index is 13.6. The van der Waals surface area contributed by atoms with Gasteiger partial charge in [0.25, 0.3) is 0 Å². The number of ether oxygens (including phenoxy) is 2. The van der Waals surface area contributed by atoms with Crippen molar-refractivity contribution in [1.29, 1.82) is 0 Å². The van der Waals surface area contributed by atoms with Crippen LogP contribution in [0.4, 0.5) is 0 Å². The fraction of sp³-hybridized carbons (Fsp3) is 0.645. The van der Waals surface area contributed by atoms with Crippen molar-refractivity contribution in [3.8, 4) is 0 Å². The standard InChI is InChI=1S/C31H46N2O5/c1-28(2)16-23(17-29(3,4)32(28)9)37-26(35)25(15-21-11-13-22(20-34)14-12-21)27(36)38-24-18-30(5,6)33(10)31(7,8)19-24/h11-15,20,23-24H,16-19H2,1-10H3. The van der Waals surface area contributed by atoms with E-state index in [2.05, 4.69) is 79.3 Å². The molecular weight excluding hydrogens is 480 g/mol. The van der Waals surface area contributed by atoms with E-state index in [1.807, 2.05) is 0 Å². The lowest BCUT2D eigenvalue weighted by Gasteiger charge is -2.53. The van der Waals surface area contributed by atoms with E-state index in [9.17, 15) is 14.4 Å². The second-order valence-corrected chi connectivity index (χ2v) is 13.6. The van der Waals surface area contributed by atoms with Gasteiger partial charge in [-0.15, -0.1) is 0 Å². The molecule has 7 nitrogen and oxygen atoms in total. The number of carbonyl (C=O) groups is 3. The van der Waals surface area contributed by atoms with E-state index in [-0.39, 0.29) is 39.9 Å². The number of piperidine rings is 2. The number of hydrogen-bond acceptors (Lipinski definition) is 7. The minimum absolute atomic E-state index is 0.132. The smallest absolute Gasteiger partial charge is 0.345 e. The van der Waals surface area contributed by atoms with Crippen LogP contribution in [-0.4, -0.2) is 76.5 Å². The molecule has 210 valence electrons. The Balaban J connectivity index is 1.88. The highest BCUT2D eigenvalue weighted by molar-refractivity contribution is 6.17. The molecule has 1 aromatic rings. The summed E-state index contributed by atoms with van der Waals surface area (Å²) in [7, 11) is 4.18. The lowest BCUT2D eigenvalue weighted by molar-refractivity contribution is -0.162. The molecule has 0 N–H and O–H groups in total. The summed E-state index contributed by atoms with van der Waals surface area (Å²) in [5, 5.41) is 0. The van der Waals surface area contributed by atoms with Crippen LogP contribution < -0.4 is 0 Å². The molecule has 0 aliphatic carbocycles. The molecule has 3 rings (SSSR count). The summed E-state index contributed by atoms with van der Waals surface area (Å²) in [5.41, 5.74) is 0.307. The second-order valence-electron chi connectivity index (χ2n) is 13.6. The molecule has 2 aliphatic heterocycles. The van der Waals surface area contributed by atoms with Gasteiger partial charge in [-0.05, 0) is 81.1 Å². The Morgan fingerprint density at radius 2 is 1.00 bits per heavy atom. The molecular formula is C31H46N2O5. The van der Waals surface area contributed by atoms with Crippen LogP contribution in [-0.2, 0) is 19.1 Å². The zero-order chi connectivity index (χ0) is 28.7. The second kappa shape index (κ2) is 10.6. The molecule has 2 fully saturated rings. The van der Waals surface area contributed by atoms with Crippen LogP contribution in [0.5, 0.6) is 0 Å². The maximum Gasteiger partial charge on any atom is 0.345 e. The summed E-state index contributed by atoms with van der Waals surface area (Å²) in [5.74, 6) is -1.36. The average molecular weight is 527 g/mol. The zero-order valence-electron chi connectivity index (χ0n) is 24.9.